The summed E-state index contributed by atoms with van der Waals surface area (Å²) in [5, 5.41) is 31.4. The lowest BCUT2D eigenvalue weighted by Gasteiger charge is -2.26. The first kappa shape index (κ1) is 22.0. The van der Waals surface area contributed by atoms with Gasteiger partial charge in [-0.3, -0.25) is 14.5 Å². The lowest BCUT2D eigenvalue weighted by molar-refractivity contribution is -0.132. The molecular formula is C26H23NO6. The maximum Gasteiger partial charge on any atom is 0.300 e. The van der Waals surface area contributed by atoms with E-state index in [1.54, 1.807) is 55.5 Å². The van der Waals surface area contributed by atoms with Gasteiger partial charge < -0.3 is 20.1 Å². The zero-order chi connectivity index (χ0) is 23.7. The quantitative estimate of drug-likeness (QED) is 0.305. The van der Waals surface area contributed by atoms with Gasteiger partial charge in [0.15, 0.2) is 0 Å². The van der Waals surface area contributed by atoms with Crippen molar-refractivity contribution in [1.82, 2.24) is 0 Å². The number of aliphatic hydroxyl groups excluding tert-OH is 1. The van der Waals surface area contributed by atoms with Gasteiger partial charge in [-0.05, 0) is 73.5 Å². The molecule has 7 nitrogen and oxygen atoms in total. The van der Waals surface area contributed by atoms with Crippen LogP contribution in [-0.2, 0) is 9.59 Å². The summed E-state index contributed by atoms with van der Waals surface area (Å²) in [5.74, 6) is -1.65. The molecule has 4 rings (SSSR count). The van der Waals surface area contributed by atoms with E-state index in [1.807, 2.05) is 6.92 Å². The molecule has 7 heteroatoms. The maximum absolute atomic E-state index is 13.2. The standard InChI is InChI=1S/C26H23NO6/c1-3-33-19-11-7-17(8-12-19)24(30)22-23(16-5-9-18(28)10-6-16)27(26(32)25(22)31)20-14-15(2)4-13-21(20)29/h4-14,23,28-30H,3H2,1-2H3/b24-22+. The molecule has 0 aliphatic carbocycles. The van der Waals surface area contributed by atoms with Crippen molar-refractivity contribution in [3.63, 3.8) is 0 Å². The Morgan fingerprint density at radius 1 is 0.970 bits per heavy atom. The normalized spacial score (nSPS) is 17.4. The van der Waals surface area contributed by atoms with Crippen LogP contribution in [0.25, 0.3) is 5.76 Å². The van der Waals surface area contributed by atoms with Crippen LogP contribution in [0, 0.1) is 6.92 Å². The average molecular weight is 445 g/mol. The van der Waals surface area contributed by atoms with Crippen molar-refractivity contribution in [1.29, 1.82) is 0 Å². The number of hydrogen-bond donors (Lipinski definition) is 3. The van der Waals surface area contributed by atoms with Crippen LogP contribution in [-0.4, -0.2) is 33.6 Å². The largest absolute Gasteiger partial charge is 0.508 e. The van der Waals surface area contributed by atoms with Crippen molar-refractivity contribution in [2.24, 2.45) is 0 Å². The first-order chi connectivity index (χ1) is 15.8. The van der Waals surface area contributed by atoms with Crippen molar-refractivity contribution in [3.8, 4) is 17.2 Å². The number of benzene rings is 3. The molecule has 168 valence electrons. The summed E-state index contributed by atoms with van der Waals surface area (Å²) in [7, 11) is 0. The lowest BCUT2D eigenvalue weighted by Crippen LogP contribution is -2.29. The van der Waals surface area contributed by atoms with Crippen LogP contribution in [0.15, 0.2) is 72.3 Å². The minimum Gasteiger partial charge on any atom is -0.508 e. The highest BCUT2D eigenvalue weighted by Crippen LogP contribution is 2.45. The monoisotopic (exact) mass is 445 g/mol. The number of aryl methyl sites for hydroxylation is 1. The van der Waals surface area contributed by atoms with Gasteiger partial charge in [-0.2, -0.15) is 0 Å². The minimum absolute atomic E-state index is 0.0145. The summed E-state index contributed by atoms with van der Waals surface area (Å²) in [6.07, 6.45) is 0. The number of hydrogen-bond acceptors (Lipinski definition) is 6. The number of ether oxygens (including phenoxy) is 1. The molecule has 1 heterocycles. The van der Waals surface area contributed by atoms with Gasteiger partial charge in [0.1, 0.15) is 23.0 Å². The molecule has 0 saturated carbocycles. The van der Waals surface area contributed by atoms with E-state index < -0.39 is 17.7 Å². The number of aliphatic hydroxyl groups is 1. The van der Waals surface area contributed by atoms with Crippen molar-refractivity contribution < 1.29 is 29.6 Å². The number of carbonyl (C=O) groups is 2. The van der Waals surface area contributed by atoms with Crippen molar-refractivity contribution in [2.75, 3.05) is 11.5 Å². The Bertz CT molecular complexity index is 1240. The Hall–Kier alpha value is -4.26. The predicted octanol–water partition coefficient (Wildman–Crippen LogP) is 4.43. The highest BCUT2D eigenvalue weighted by Gasteiger charge is 2.47. The van der Waals surface area contributed by atoms with Crippen molar-refractivity contribution in [3.05, 3.63) is 89.0 Å². The number of phenolic OH excluding ortho intramolecular Hbond substituents is 2. The van der Waals surface area contributed by atoms with E-state index in [0.29, 0.717) is 23.5 Å². The van der Waals surface area contributed by atoms with Gasteiger partial charge >= 0.3 is 0 Å². The van der Waals surface area contributed by atoms with E-state index in [4.69, 9.17) is 4.74 Å². The summed E-state index contributed by atoms with van der Waals surface area (Å²) < 4.78 is 5.43. The molecule has 1 aliphatic rings. The Morgan fingerprint density at radius 3 is 2.27 bits per heavy atom. The van der Waals surface area contributed by atoms with Crippen LogP contribution in [0.3, 0.4) is 0 Å². The predicted molar refractivity (Wildman–Crippen MR) is 123 cm³/mol. The first-order valence-electron chi connectivity index (χ1n) is 10.4. The zero-order valence-corrected chi connectivity index (χ0v) is 18.1. The SMILES string of the molecule is CCOc1ccc(/C(O)=C2\C(=O)C(=O)N(c3cc(C)ccc3O)C2c2ccc(O)cc2)cc1. The van der Waals surface area contributed by atoms with E-state index in [1.165, 1.54) is 23.1 Å². The van der Waals surface area contributed by atoms with E-state index in [2.05, 4.69) is 0 Å². The molecule has 0 aromatic heterocycles. The second-order valence-corrected chi connectivity index (χ2v) is 7.71. The van der Waals surface area contributed by atoms with Crippen LogP contribution in [0.1, 0.15) is 29.7 Å². The molecule has 0 spiro atoms. The molecule has 1 saturated heterocycles. The van der Waals surface area contributed by atoms with Gasteiger partial charge in [0.05, 0.1) is 23.9 Å². The first-order valence-corrected chi connectivity index (χ1v) is 10.4. The number of rotatable bonds is 5. The summed E-state index contributed by atoms with van der Waals surface area (Å²) in [5.41, 5.74) is 1.64. The molecule has 3 N–H and O–H groups in total. The van der Waals surface area contributed by atoms with E-state index >= 15 is 0 Å². The van der Waals surface area contributed by atoms with Gasteiger partial charge in [-0.25, -0.2) is 0 Å². The number of nitrogens with zero attached hydrogens (tertiary/aromatic N) is 1. The fourth-order valence-corrected chi connectivity index (χ4v) is 3.91. The fourth-order valence-electron chi connectivity index (χ4n) is 3.91. The van der Waals surface area contributed by atoms with Gasteiger partial charge in [-0.15, -0.1) is 0 Å². The van der Waals surface area contributed by atoms with E-state index in [-0.39, 0.29) is 28.5 Å². The van der Waals surface area contributed by atoms with Gasteiger partial charge in [0.25, 0.3) is 11.7 Å². The molecule has 1 fully saturated rings. The highest BCUT2D eigenvalue weighted by molar-refractivity contribution is 6.51. The Balaban J connectivity index is 1.92. The highest BCUT2D eigenvalue weighted by atomic mass is 16.5. The summed E-state index contributed by atoms with van der Waals surface area (Å²) in [6.45, 7) is 4.14. The Labute approximate surface area is 190 Å². The summed E-state index contributed by atoms with van der Waals surface area (Å²) in [6, 6.07) is 16.3. The van der Waals surface area contributed by atoms with Crippen LogP contribution < -0.4 is 9.64 Å². The Morgan fingerprint density at radius 2 is 1.64 bits per heavy atom. The molecule has 1 amide bonds. The maximum atomic E-state index is 13.2. The average Bonchev–Trinajstić information content (AvgIpc) is 3.07. The number of amides is 1. The Kier molecular flexibility index (Phi) is 5.79. The van der Waals surface area contributed by atoms with Crippen molar-refractivity contribution in [2.45, 2.75) is 19.9 Å². The summed E-state index contributed by atoms with van der Waals surface area (Å²) in [4.78, 5) is 27.5. The molecule has 3 aromatic carbocycles. The van der Waals surface area contributed by atoms with Crippen LogP contribution >= 0.6 is 0 Å². The minimum atomic E-state index is -1.01. The molecule has 1 atom stereocenters. The number of phenols is 2. The van der Waals surface area contributed by atoms with Crippen LogP contribution in [0.5, 0.6) is 17.2 Å². The lowest BCUT2D eigenvalue weighted by atomic mass is 9.95. The smallest absolute Gasteiger partial charge is 0.300 e. The van der Waals surface area contributed by atoms with Crippen LogP contribution in [0.4, 0.5) is 5.69 Å². The van der Waals surface area contributed by atoms with E-state index in [9.17, 15) is 24.9 Å². The zero-order valence-electron chi connectivity index (χ0n) is 18.1. The van der Waals surface area contributed by atoms with E-state index in [0.717, 1.165) is 5.56 Å². The number of anilines is 1. The molecule has 0 radical (unpaired) electrons. The number of Topliss-reactive ketones (excluding diaryl/α,β-unsaturated/α-hetero) is 1. The third-order valence-corrected chi connectivity index (χ3v) is 5.48. The fraction of sp³-hybridized carbons (Fsp3) is 0.154. The second kappa shape index (κ2) is 8.70. The second-order valence-electron chi connectivity index (χ2n) is 7.71. The molecule has 33 heavy (non-hydrogen) atoms. The molecule has 0 bridgehead atoms. The molecule has 3 aromatic rings. The number of aromatic hydroxyl groups is 2. The van der Waals surface area contributed by atoms with Gasteiger partial charge in [0.2, 0.25) is 0 Å². The van der Waals surface area contributed by atoms with Crippen LogP contribution in [0.2, 0.25) is 0 Å². The topological polar surface area (TPSA) is 107 Å². The van der Waals surface area contributed by atoms with Crippen molar-refractivity contribution >= 4 is 23.1 Å². The molecular weight excluding hydrogens is 422 g/mol. The third kappa shape index (κ3) is 4.01. The number of carbonyl (C=O) groups excluding carboxylic acids is 2. The van der Waals surface area contributed by atoms with Gasteiger partial charge in [-0.1, -0.05) is 18.2 Å². The summed E-state index contributed by atoms with van der Waals surface area (Å²) >= 11 is 0. The molecule has 1 unspecified atom stereocenters. The van der Waals surface area contributed by atoms with Gasteiger partial charge in [0, 0.05) is 5.56 Å². The third-order valence-electron chi connectivity index (χ3n) is 5.48. The molecule has 1 aliphatic heterocycles. The number of ketones is 1.